The summed E-state index contributed by atoms with van der Waals surface area (Å²) in [5, 5.41) is 16.3. The smallest absolute Gasteiger partial charge is 0.270 e. The molecule has 0 atom stereocenters. The third kappa shape index (κ3) is 4.44. The van der Waals surface area contributed by atoms with E-state index in [2.05, 4.69) is 10.6 Å². The van der Waals surface area contributed by atoms with Crippen molar-refractivity contribution in [1.82, 2.24) is 5.32 Å². The molecule has 0 fully saturated rings. The second-order valence-electron chi connectivity index (χ2n) is 3.84. The van der Waals surface area contributed by atoms with Crippen LogP contribution in [0.3, 0.4) is 0 Å². The summed E-state index contributed by atoms with van der Waals surface area (Å²) in [6.07, 6.45) is 2.99. The van der Waals surface area contributed by atoms with Gasteiger partial charge in [0.1, 0.15) is 0 Å². The Morgan fingerprint density at radius 1 is 1.47 bits per heavy atom. The van der Waals surface area contributed by atoms with Crippen molar-refractivity contribution in [2.24, 2.45) is 0 Å². The molecule has 1 aromatic rings. The highest BCUT2D eigenvalue weighted by Crippen LogP contribution is 2.22. The maximum Gasteiger partial charge on any atom is 0.270 e. The number of carbonyl (C=O) groups is 1. The Hall–Kier alpha value is -1.76. The van der Waals surface area contributed by atoms with Crippen LogP contribution in [0.2, 0.25) is 0 Å². The van der Waals surface area contributed by atoms with Gasteiger partial charge >= 0.3 is 0 Å². The van der Waals surface area contributed by atoms with Crippen LogP contribution in [0.4, 0.5) is 11.4 Å². The summed E-state index contributed by atoms with van der Waals surface area (Å²) in [7, 11) is 1.50. The average Bonchev–Trinajstić information content (AvgIpc) is 2.42. The van der Waals surface area contributed by atoms with Gasteiger partial charge in [0.15, 0.2) is 0 Å². The zero-order chi connectivity index (χ0) is 14.3. The fourth-order valence-corrected chi connectivity index (χ4v) is 2.00. The van der Waals surface area contributed by atoms with Gasteiger partial charge in [-0.25, -0.2) is 0 Å². The molecule has 1 amide bonds. The predicted molar refractivity (Wildman–Crippen MR) is 78.0 cm³/mol. The predicted octanol–water partition coefficient (Wildman–Crippen LogP) is 2.12. The molecule has 0 aliphatic rings. The molecule has 0 saturated carbocycles. The number of hydrogen-bond donors (Lipinski definition) is 2. The summed E-state index contributed by atoms with van der Waals surface area (Å²) in [6, 6.07) is 4.25. The number of nitro groups is 1. The third-order valence-electron chi connectivity index (χ3n) is 2.53. The molecule has 19 heavy (non-hydrogen) atoms. The Bertz CT molecular complexity index is 466. The minimum atomic E-state index is -0.510. The molecule has 0 unspecified atom stereocenters. The van der Waals surface area contributed by atoms with E-state index in [1.165, 1.54) is 19.2 Å². The summed E-state index contributed by atoms with van der Waals surface area (Å²) in [6.45, 7) is 0.725. The molecule has 0 aliphatic heterocycles. The largest absolute Gasteiger partial charge is 0.384 e. The van der Waals surface area contributed by atoms with Crippen LogP contribution in [-0.2, 0) is 0 Å². The molecule has 0 bridgehead atoms. The number of nitrogens with zero attached hydrogens (tertiary/aromatic N) is 1. The minimum Gasteiger partial charge on any atom is -0.384 e. The van der Waals surface area contributed by atoms with E-state index >= 15 is 0 Å². The molecule has 6 nitrogen and oxygen atoms in total. The van der Waals surface area contributed by atoms with Crippen LogP contribution >= 0.6 is 11.8 Å². The number of rotatable bonds is 7. The van der Waals surface area contributed by atoms with Gasteiger partial charge in [-0.1, -0.05) is 0 Å². The fourth-order valence-electron chi connectivity index (χ4n) is 1.56. The minimum absolute atomic E-state index is 0.0896. The fraction of sp³-hybridized carbons (Fsp3) is 0.417. The first-order chi connectivity index (χ1) is 9.10. The molecule has 1 rings (SSSR count). The lowest BCUT2D eigenvalue weighted by Crippen LogP contribution is -2.20. The van der Waals surface area contributed by atoms with Crippen molar-refractivity contribution >= 4 is 29.0 Å². The Kier molecular flexibility index (Phi) is 6.14. The number of nitro benzene ring substituents is 1. The number of carbonyl (C=O) groups excluding carboxylic acids is 1. The lowest BCUT2D eigenvalue weighted by molar-refractivity contribution is -0.384. The van der Waals surface area contributed by atoms with Crippen LogP contribution in [-0.4, -0.2) is 36.4 Å². The van der Waals surface area contributed by atoms with Crippen molar-refractivity contribution in [1.29, 1.82) is 0 Å². The van der Waals surface area contributed by atoms with Crippen molar-refractivity contribution in [2.75, 3.05) is 30.9 Å². The van der Waals surface area contributed by atoms with Gasteiger partial charge in [-0.05, 0) is 24.5 Å². The van der Waals surface area contributed by atoms with Crippen molar-refractivity contribution < 1.29 is 9.72 Å². The highest BCUT2D eigenvalue weighted by atomic mass is 32.2. The van der Waals surface area contributed by atoms with Crippen LogP contribution in [0.25, 0.3) is 0 Å². The van der Waals surface area contributed by atoms with Crippen LogP contribution in [0.5, 0.6) is 0 Å². The van der Waals surface area contributed by atoms with Crippen LogP contribution < -0.4 is 10.6 Å². The number of hydrogen-bond acceptors (Lipinski definition) is 5. The number of benzene rings is 1. The number of thioether (sulfide) groups is 1. The lowest BCUT2D eigenvalue weighted by atomic mass is 10.1. The first-order valence-electron chi connectivity index (χ1n) is 5.83. The van der Waals surface area contributed by atoms with E-state index in [1.54, 1.807) is 17.8 Å². The molecular weight excluding hydrogens is 266 g/mol. The topological polar surface area (TPSA) is 84.3 Å². The molecule has 0 aliphatic carbocycles. The van der Waals surface area contributed by atoms with E-state index < -0.39 is 4.92 Å². The van der Waals surface area contributed by atoms with E-state index in [4.69, 9.17) is 0 Å². The molecule has 2 N–H and O–H groups in total. The lowest BCUT2D eigenvalue weighted by Gasteiger charge is -2.10. The average molecular weight is 283 g/mol. The van der Waals surface area contributed by atoms with Crippen LogP contribution in [0.15, 0.2) is 18.2 Å². The van der Waals surface area contributed by atoms with E-state index in [1.807, 2.05) is 6.26 Å². The maximum absolute atomic E-state index is 11.7. The summed E-state index contributed by atoms with van der Waals surface area (Å²) in [4.78, 5) is 21.9. The maximum atomic E-state index is 11.7. The molecule has 0 saturated heterocycles. The Morgan fingerprint density at radius 2 is 2.21 bits per heavy atom. The van der Waals surface area contributed by atoms with Crippen molar-refractivity contribution in [3.05, 3.63) is 33.9 Å². The van der Waals surface area contributed by atoms with E-state index in [0.717, 1.165) is 18.7 Å². The zero-order valence-corrected chi connectivity index (χ0v) is 11.8. The second-order valence-corrected chi connectivity index (χ2v) is 4.82. The summed E-state index contributed by atoms with van der Waals surface area (Å²) in [5.41, 5.74) is 0.820. The Morgan fingerprint density at radius 3 is 2.79 bits per heavy atom. The quantitative estimate of drug-likeness (QED) is 0.455. The van der Waals surface area contributed by atoms with Gasteiger partial charge in [-0.3, -0.25) is 14.9 Å². The Labute approximate surface area is 116 Å². The van der Waals surface area contributed by atoms with Gasteiger partial charge in [-0.15, -0.1) is 0 Å². The van der Waals surface area contributed by atoms with E-state index in [-0.39, 0.29) is 11.6 Å². The molecule has 0 aromatic heterocycles. The second kappa shape index (κ2) is 7.63. The highest BCUT2D eigenvalue weighted by Gasteiger charge is 2.15. The third-order valence-corrected chi connectivity index (χ3v) is 3.22. The normalized spacial score (nSPS) is 10.0. The highest BCUT2D eigenvalue weighted by molar-refractivity contribution is 7.98. The van der Waals surface area contributed by atoms with Gasteiger partial charge < -0.3 is 10.6 Å². The van der Waals surface area contributed by atoms with Gasteiger partial charge in [0.05, 0.1) is 10.5 Å². The standard InChI is InChI=1S/C12H17N3O3S/c1-13-12(16)10-8-9(15(17)18)4-5-11(10)14-6-3-7-19-2/h4-5,8,14H,3,6-7H2,1-2H3,(H,13,16). The molecule has 104 valence electrons. The SMILES string of the molecule is CNC(=O)c1cc([N+](=O)[O-])ccc1NCCCSC. The molecule has 0 spiro atoms. The monoisotopic (exact) mass is 283 g/mol. The summed E-state index contributed by atoms with van der Waals surface area (Å²) >= 11 is 1.75. The first-order valence-corrected chi connectivity index (χ1v) is 7.23. The van der Waals surface area contributed by atoms with Gasteiger partial charge in [0.25, 0.3) is 11.6 Å². The van der Waals surface area contributed by atoms with E-state index in [9.17, 15) is 14.9 Å². The molecular formula is C12H17N3O3S. The van der Waals surface area contributed by atoms with Crippen molar-refractivity contribution in [3.63, 3.8) is 0 Å². The summed E-state index contributed by atoms with van der Waals surface area (Å²) < 4.78 is 0. The number of anilines is 1. The van der Waals surface area contributed by atoms with Gasteiger partial charge in [0, 0.05) is 31.4 Å². The van der Waals surface area contributed by atoms with Gasteiger partial charge in [-0.2, -0.15) is 11.8 Å². The molecule has 7 heteroatoms. The Balaban J connectivity index is 2.89. The molecule has 0 heterocycles. The summed E-state index contributed by atoms with van der Waals surface area (Å²) in [5.74, 6) is 0.686. The molecule has 0 radical (unpaired) electrons. The van der Waals surface area contributed by atoms with E-state index in [0.29, 0.717) is 11.3 Å². The number of non-ortho nitro benzene ring substituents is 1. The van der Waals surface area contributed by atoms with Crippen LogP contribution in [0, 0.1) is 10.1 Å². The zero-order valence-electron chi connectivity index (χ0n) is 10.9. The number of nitrogens with one attached hydrogen (secondary N) is 2. The van der Waals surface area contributed by atoms with Crippen LogP contribution in [0.1, 0.15) is 16.8 Å². The first kappa shape index (κ1) is 15.3. The number of amides is 1. The molecule has 1 aromatic carbocycles. The van der Waals surface area contributed by atoms with Crippen molar-refractivity contribution in [2.45, 2.75) is 6.42 Å². The van der Waals surface area contributed by atoms with Crippen molar-refractivity contribution in [3.8, 4) is 0 Å². The van der Waals surface area contributed by atoms with Gasteiger partial charge in [0.2, 0.25) is 0 Å².